The molecule has 21 heavy (non-hydrogen) atoms. The maximum absolute atomic E-state index is 10.8. The summed E-state index contributed by atoms with van der Waals surface area (Å²) in [6, 6.07) is 11.4. The molecule has 0 radical (unpaired) electrons. The molecule has 1 saturated carbocycles. The van der Waals surface area contributed by atoms with Crippen LogP contribution in [0.25, 0.3) is 0 Å². The van der Waals surface area contributed by atoms with E-state index in [9.17, 15) is 4.79 Å². The first-order valence-corrected chi connectivity index (χ1v) is 7.93. The van der Waals surface area contributed by atoms with Crippen LogP contribution in [0.4, 0.5) is 0 Å². The lowest BCUT2D eigenvalue weighted by atomic mass is 10.1. The molecule has 1 heterocycles. The van der Waals surface area contributed by atoms with Crippen LogP contribution in [0.5, 0.6) is 0 Å². The predicted molar refractivity (Wildman–Crippen MR) is 82.1 cm³/mol. The molecule has 1 aliphatic carbocycles. The van der Waals surface area contributed by atoms with Crippen LogP contribution < -0.4 is 0 Å². The highest BCUT2D eigenvalue weighted by atomic mass is 16.4. The molecular formula is C17H24N2O2. The summed E-state index contributed by atoms with van der Waals surface area (Å²) < 4.78 is 0. The van der Waals surface area contributed by atoms with Crippen LogP contribution in [-0.2, 0) is 11.3 Å². The molecule has 0 amide bonds. The number of carboxylic acid groups (broad SMARTS) is 1. The molecule has 0 aromatic heterocycles. The van der Waals surface area contributed by atoms with Crippen molar-refractivity contribution in [2.24, 2.45) is 5.92 Å². The molecule has 0 unspecified atom stereocenters. The molecule has 114 valence electrons. The molecule has 0 spiro atoms. The number of likely N-dealkylation sites (tertiary alicyclic amines) is 1. The standard InChI is InChI=1S/C17H24N2O2/c20-17(21)13-18-9-8-15(10-18)12-19(16-6-7-16)11-14-4-2-1-3-5-14/h1-5,15-16H,6-13H2,(H,20,21)/t15-/m1/s1. The highest BCUT2D eigenvalue weighted by Gasteiger charge is 2.32. The van der Waals surface area contributed by atoms with Gasteiger partial charge in [0.1, 0.15) is 0 Å². The summed E-state index contributed by atoms with van der Waals surface area (Å²) in [7, 11) is 0. The van der Waals surface area contributed by atoms with E-state index in [0.29, 0.717) is 5.92 Å². The SMILES string of the molecule is O=C(O)CN1CC[C@@H](CN(Cc2ccccc2)C2CC2)C1. The summed E-state index contributed by atoms with van der Waals surface area (Å²) in [6.07, 6.45) is 3.77. The first-order valence-electron chi connectivity index (χ1n) is 7.93. The van der Waals surface area contributed by atoms with E-state index in [1.54, 1.807) is 0 Å². The molecule has 2 fully saturated rings. The number of rotatable bonds is 7. The van der Waals surface area contributed by atoms with E-state index in [1.807, 2.05) is 0 Å². The van der Waals surface area contributed by atoms with E-state index in [2.05, 4.69) is 40.1 Å². The maximum Gasteiger partial charge on any atom is 0.317 e. The molecule has 2 aliphatic rings. The van der Waals surface area contributed by atoms with Crippen LogP contribution in [-0.4, -0.2) is 53.1 Å². The molecular weight excluding hydrogens is 264 g/mol. The molecule has 0 bridgehead atoms. The fourth-order valence-corrected chi connectivity index (χ4v) is 3.33. The number of hydrogen-bond donors (Lipinski definition) is 1. The number of nitrogens with zero attached hydrogens (tertiary/aromatic N) is 2. The lowest BCUT2D eigenvalue weighted by Gasteiger charge is -2.25. The van der Waals surface area contributed by atoms with Gasteiger partial charge in [-0.3, -0.25) is 14.6 Å². The Morgan fingerprint density at radius 2 is 2.00 bits per heavy atom. The van der Waals surface area contributed by atoms with Gasteiger partial charge in [-0.15, -0.1) is 0 Å². The van der Waals surface area contributed by atoms with Crippen molar-refractivity contribution in [3.05, 3.63) is 35.9 Å². The van der Waals surface area contributed by atoms with Gasteiger partial charge in [0.15, 0.2) is 0 Å². The zero-order valence-electron chi connectivity index (χ0n) is 12.4. The number of benzene rings is 1. The molecule has 1 N–H and O–H groups in total. The van der Waals surface area contributed by atoms with Gasteiger partial charge in [0, 0.05) is 25.7 Å². The summed E-state index contributed by atoms with van der Waals surface area (Å²) in [5, 5.41) is 8.88. The second kappa shape index (κ2) is 6.58. The average Bonchev–Trinajstić information content (AvgIpc) is 3.22. The summed E-state index contributed by atoms with van der Waals surface area (Å²) >= 11 is 0. The van der Waals surface area contributed by atoms with Crippen molar-refractivity contribution in [3.63, 3.8) is 0 Å². The van der Waals surface area contributed by atoms with Crippen molar-refractivity contribution < 1.29 is 9.90 Å². The molecule has 1 atom stereocenters. The highest BCUT2D eigenvalue weighted by Crippen LogP contribution is 2.30. The van der Waals surface area contributed by atoms with Crippen LogP contribution >= 0.6 is 0 Å². The largest absolute Gasteiger partial charge is 0.480 e. The third-order valence-electron chi connectivity index (χ3n) is 4.51. The van der Waals surface area contributed by atoms with E-state index in [4.69, 9.17) is 5.11 Å². The predicted octanol–water partition coefficient (Wildman–Crippen LogP) is 2.06. The molecule has 1 aliphatic heterocycles. The molecule has 1 saturated heterocycles. The Bertz CT molecular complexity index is 473. The minimum atomic E-state index is -0.709. The quantitative estimate of drug-likeness (QED) is 0.834. The number of hydrogen-bond acceptors (Lipinski definition) is 3. The highest BCUT2D eigenvalue weighted by molar-refractivity contribution is 5.69. The third-order valence-corrected chi connectivity index (χ3v) is 4.51. The van der Waals surface area contributed by atoms with E-state index in [-0.39, 0.29) is 6.54 Å². The number of carbonyl (C=O) groups is 1. The van der Waals surface area contributed by atoms with Gasteiger partial charge in [-0.05, 0) is 37.3 Å². The summed E-state index contributed by atoms with van der Waals surface area (Å²) in [5.74, 6) is -0.0901. The fraction of sp³-hybridized carbons (Fsp3) is 0.588. The third kappa shape index (κ3) is 4.29. The Labute approximate surface area is 126 Å². The molecule has 1 aromatic carbocycles. The van der Waals surface area contributed by atoms with Crippen molar-refractivity contribution in [3.8, 4) is 0 Å². The van der Waals surface area contributed by atoms with E-state index < -0.39 is 5.97 Å². The van der Waals surface area contributed by atoms with Gasteiger partial charge in [-0.25, -0.2) is 0 Å². The second-order valence-corrected chi connectivity index (χ2v) is 6.43. The lowest BCUT2D eigenvalue weighted by Crippen LogP contribution is -2.33. The summed E-state index contributed by atoms with van der Waals surface area (Å²) in [6.45, 7) is 4.19. The van der Waals surface area contributed by atoms with Crippen molar-refractivity contribution in [1.82, 2.24) is 9.80 Å². The average molecular weight is 288 g/mol. The van der Waals surface area contributed by atoms with Crippen molar-refractivity contribution in [1.29, 1.82) is 0 Å². The molecule has 3 rings (SSSR count). The van der Waals surface area contributed by atoms with Gasteiger partial charge in [0.2, 0.25) is 0 Å². The van der Waals surface area contributed by atoms with Crippen LogP contribution in [0.15, 0.2) is 30.3 Å². The Kier molecular flexibility index (Phi) is 4.56. The van der Waals surface area contributed by atoms with Gasteiger partial charge in [0.25, 0.3) is 0 Å². The van der Waals surface area contributed by atoms with Crippen molar-refractivity contribution in [2.75, 3.05) is 26.2 Å². The van der Waals surface area contributed by atoms with Gasteiger partial charge in [0.05, 0.1) is 6.54 Å². The van der Waals surface area contributed by atoms with Gasteiger partial charge < -0.3 is 5.11 Å². The summed E-state index contributed by atoms with van der Waals surface area (Å²) in [5.41, 5.74) is 1.38. The zero-order chi connectivity index (χ0) is 14.7. The van der Waals surface area contributed by atoms with Gasteiger partial charge in [-0.1, -0.05) is 30.3 Å². The Balaban J connectivity index is 1.53. The Morgan fingerprint density at radius 3 is 2.67 bits per heavy atom. The molecule has 4 nitrogen and oxygen atoms in total. The Hall–Kier alpha value is -1.39. The topological polar surface area (TPSA) is 43.8 Å². The molecule has 1 aromatic rings. The smallest absolute Gasteiger partial charge is 0.317 e. The first-order chi connectivity index (χ1) is 10.2. The normalized spacial score (nSPS) is 22.8. The van der Waals surface area contributed by atoms with E-state index in [1.165, 1.54) is 18.4 Å². The van der Waals surface area contributed by atoms with Crippen molar-refractivity contribution in [2.45, 2.75) is 31.8 Å². The van der Waals surface area contributed by atoms with Crippen molar-refractivity contribution >= 4 is 5.97 Å². The number of aliphatic carboxylic acids is 1. The second-order valence-electron chi connectivity index (χ2n) is 6.43. The monoisotopic (exact) mass is 288 g/mol. The molecule has 4 heteroatoms. The lowest BCUT2D eigenvalue weighted by molar-refractivity contribution is -0.138. The van der Waals surface area contributed by atoms with E-state index in [0.717, 1.165) is 38.6 Å². The first kappa shape index (κ1) is 14.5. The van der Waals surface area contributed by atoms with Crippen LogP contribution in [0.1, 0.15) is 24.8 Å². The van der Waals surface area contributed by atoms with Crippen LogP contribution in [0.3, 0.4) is 0 Å². The van der Waals surface area contributed by atoms with Gasteiger partial charge >= 0.3 is 5.97 Å². The maximum atomic E-state index is 10.8. The Morgan fingerprint density at radius 1 is 1.24 bits per heavy atom. The fourth-order valence-electron chi connectivity index (χ4n) is 3.33. The minimum Gasteiger partial charge on any atom is -0.480 e. The van der Waals surface area contributed by atoms with Crippen LogP contribution in [0.2, 0.25) is 0 Å². The number of carboxylic acids is 1. The zero-order valence-corrected chi connectivity index (χ0v) is 12.4. The minimum absolute atomic E-state index is 0.193. The van der Waals surface area contributed by atoms with Gasteiger partial charge in [-0.2, -0.15) is 0 Å². The van der Waals surface area contributed by atoms with E-state index >= 15 is 0 Å². The van der Waals surface area contributed by atoms with Crippen LogP contribution in [0, 0.1) is 5.92 Å². The summed E-state index contributed by atoms with van der Waals surface area (Å²) in [4.78, 5) is 15.5.